The number of aromatic nitrogens is 4. The second-order valence-corrected chi connectivity index (χ2v) is 8.35. The lowest BCUT2D eigenvalue weighted by atomic mass is 10.0. The fourth-order valence-corrected chi connectivity index (χ4v) is 4.31. The summed E-state index contributed by atoms with van der Waals surface area (Å²) in [5.41, 5.74) is 2.05. The number of alkyl halides is 3. The van der Waals surface area contributed by atoms with Crippen LogP contribution in [-0.4, -0.2) is 43.9 Å². The average Bonchev–Trinajstić information content (AvgIpc) is 3.37. The summed E-state index contributed by atoms with van der Waals surface area (Å²) in [5.74, 6) is 0.298. The number of pyridine rings is 1. The highest BCUT2D eigenvalue weighted by atomic mass is 35.5. The average molecular weight is 491 g/mol. The Morgan fingerprint density at radius 1 is 1.15 bits per heavy atom. The molecule has 0 spiro atoms. The van der Waals surface area contributed by atoms with Crippen molar-refractivity contribution in [3.8, 4) is 22.8 Å². The highest BCUT2D eigenvalue weighted by Gasteiger charge is 2.33. The zero-order chi connectivity index (χ0) is 24.0. The van der Waals surface area contributed by atoms with E-state index >= 15 is 0 Å². The van der Waals surface area contributed by atoms with E-state index in [0.717, 1.165) is 28.4 Å². The first-order valence-corrected chi connectivity index (χ1v) is 10.7. The molecule has 1 N–H and O–H groups in total. The molecule has 3 aromatic heterocycles. The van der Waals surface area contributed by atoms with Crippen molar-refractivity contribution in [1.82, 2.24) is 19.5 Å². The zero-order valence-corrected chi connectivity index (χ0v) is 18.5. The maximum absolute atomic E-state index is 12.8. The van der Waals surface area contributed by atoms with Crippen molar-refractivity contribution in [1.29, 1.82) is 0 Å². The highest BCUT2D eigenvalue weighted by molar-refractivity contribution is 6.35. The number of aryl methyl sites for hydroxylation is 1. The van der Waals surface area contributed by atoms with E-state index in [2.05, 4.69) is 15.0 Å². The SMILES string of the molecule is Cc1cc(Oc2cnc(C(F)(F)F)cn2)cc(-c2cn([C@@H]3COC[C@H]3O)c3ccnc(Cl)c23)c1. The minimum absolute atomic E-state index is 0.0714. The number of nitrogens with zero attached hydrogens (tertiary/aromatic N) is 4. The molecule has 176 valence electrons. The summed E-state index contributed by atoms with van der Waals surface area (Å²) in [6.45, 7) is 2.47. The van der Waals surface area contributed by atoms with E-state index in [4.69, 9.17) is 21.1 Å². The number of benzene rings is 1. The fraction of sp³-hybridized carbons (Fsp3) is 0.261. The second-order valence-electron chi connectivity index (χ2n) is 7.99. The predicted octanol–water partition coefficient (Wildman–Crippen LogP) is 5.20. The van der Waals surface area contributed by atoms with Crippen LogP contribution in [0.1, 0.15) is 17.3 Å². The van der Waals surface area contributed by atoms with Gasteiger partial charge in [0.2, 0.25) is 5.88 Å². The van der Waals surface area contributed by atoms with Gasteiger partial charge in [-0.25, -0.2) is 15.0 Å². The number of hydrogen-bond donors (Lipinski definition) is 1. The lowest BCUT2D eigenvalue weighted by Gasteiger charge is -2.15. The second kappa shape index (κ2) is 8.53. The number of ether oxygens (including phenoxy) is 2. The molecule has 1 aliphatic rings. The molecule has 0 radical (unpaired) electrons. The summed E-state index contributed by atoms with van der Waals surface area (Å²) in [4.78, 5) is 11.3. The number of fused-ring (bicyclic) bond motifs is 1. The van der Waals surface area contributed by atoms with Gasteiger partial charge in [-0.2, -0.15) is 13.2 Å². The maximum atomic E-state index is 12.8. The molecule has 4 aromatic rings. The number of aliphatic hydroxyl groups excluding tert-OH is 1. The molecular weight excluding hydrogens is 473 g/mol. The molecule has 1 saturated heterocycles. The minimum atomic E-state index is -4.58. The van der Waals surface area contributed by atoms with Crippen molar-refractivity contribution < 1.29 is 27.8 Å². The summed E-state index contributed by atoms with van der Waals surface area (Å²) in [7, 11) is 0. The van der Waals surface area contributed by atoms with E-state index in [1.165, 1.54) is 0 Å². The molecule has 0 bridgehead atoms. The van der Waals surface area contributed by atoms with Crippen LogP contribution < -0.4 is 4.74 Å². The molecule has 0 unspecified atom stereocenters. The van der Waals surface area contributed by atoms with Crippen molar-refractivity contribution in [2.45, 2.75) is 25.2 Å². The van der Waals surface area contributed by atoms with E-state index in [-0.39, 0.29) is 18.5 Å². The number of aliphatic hydroxyl groups is 1. The molecule has 7 nitrogen and oxygen atoms in total. The molecular formula is C23H18ClF3N4O3. The minimum Gasteiger partial charge on any atom is -0.437 e. The highest BCUT2D eigenvalue weighted by Crippen LogP contribution is 2.39. The van der Waals surface area contributed by atoms with E-state index in [9.17, 15) is 18.3 Å². The molecule has 0 aliphatic carbocycles. The molecule has 5 rings (SSSR count). The Morgan fingerprint density at radius 3 is 2.65 bits per heavy atom. The van der Waals surface area contributed by atoms with Gasteiger partial charge >= 0.3 is 6.18 Å². The molecule has 11 heteroatoms. The van der Waals surface area contributed by atoms with Gasteiger partial charge in [0, 0.05) is 23.3 Å². The number of halogens is 4. The van der Waals surface area contributed by atoms with Gasteiger partial charge in [0.15, 0.2) is 5.69 Å². The molecule has 0 amide bonds. The number of hydrogen-bond acceptors (Lipinski definition) is 6. The third-order valence-electron chi connectivity index (χ3n) is 5.58. The van der Waals surface area contributed by atoms with Crippen molar-refractivity contribution in [2.24, 2.45) is 0 Å². The van der Waals surface area contributed by atoms with Crippen molar-refractivity contribution in [2.75, 3.05) is 13.2 Å². The van der Waals surface area contributed by atoms with E-state index in [0.29, 0.717) is 29.1 Å². The van der Waals surface area contributed by atoms with Crippen LogP contribution in [0.15, 0.2) is 49.1 Å². The summed E-state index contributed by atoms with van der Waals surface area (Å²) in [5, 5.41) is 11.4. The summed E-state index contributed by atoms with van der Waals surface area (Å²) >= 11 is 6.47. The van der Waals surface area contributed by atoms with Crippen molar-refractivity contribution in [3.63, 3.8) is 0 Å². The van der Waals surface area contributed by atoms with E-state index in [1.807, 2.05) is 29.8 Å². The summed E-state index contributed by atoms with van der Waals surface area (Å²) < 4.78 is 51.3. The lowest BCUT2D eigenvalue weighted by Crippen LogP contribution is -2.21. The summed E-state index contributed by atoms with van der Waals surface area (Å²) in [6.07, 6.45) is -0.205. The maximum Gasteiger partial charge on any atom is 0.434 e. The van der Waals surface area contributed by atoms with Gasteiger partial charge in [-0.3, -0.25) is 0 Å². The van der Waals surface area contributed by atoms with Crippen molar-refractivity contribution in [3.05, 3.63) is 65.5 Å². The van der Waals surface area contributed by atoms with E-state index in [1.54, 1.807) is 18.3 Å². The monoisotopic (exact) mass is 490 g/mol. The van der Waals surface area contributed by atoms with E-state index < -0.39 is 18.0 Å². The number of rotatable bonds is 4. The largest absolute Gasteiger partial charge is 0.437 e. The molecule has 34 heavy (non-hydrogen) atoms. The van der Waals surface area contributed by atoms with Gasteiger partial charge in [0.05, 0.1) is 37.2 Å². The molecule has 1 fully saturated rings. The molecule has 1 aromatic carbocycles. The van der Waals surface area contributed by atoms with Crippen molar-refractivity contribution >= 4 is 22.5 Å². The Bertz CT molecular complexity index is 1360. The molecule has 0 saturated carbocycles. The molecule has 4 heterocycles. The Kier molecular flexibility index (Phi) is 5.67. The zero-order valence-electron chi connectivity index (χ0n) is 17.8. The predicted molar refractivity (Wildman–Crippen MR) is 118 cm³/mol. The van der Waals surface area contributed by atoms with Gasteiger partial charge in [-0.05, 0) is 36.2 Å². The van der Waals surface area contributed by atoms with Crippen LogP contribution in [0.2, 0.25) is 5.15 Å². The smallest absolute Gasteiger partial charge is 0.434 e. The Hall–Kier alpha value is -3.21. The topological polar surface area (TPSA) is 82.3 Å². The van der Waals surface area contributed by atoms with Crippen LogP contribution in [0.5, 0.6) is 11.6 Å². The lowest BCUT2D eigenvalue weighted by molar-refractivity contribution is -0.141. The van der Waals surface area contributed by atoms with Crippen LogP contribution in [0.25, 0.3) is 22.0 Å². The van der Waals surface area contributed by atoms with Gasteiger partial charge in [0.25, 0.3) is 0 Å². The first-order valence-electron chi connectivity index (χ1n) is 10.3. The summed E-state index contributed by atoms with van der Waals surface area (Å²) in [6, 6.07) is 6.93. The fourth-order valence-electron chi connectivity index (χ4n) is 4.05. The van der Waals surface area contributed by atoms with Gasteiger partial charge in [-0.1, -0.05) is 17.7 Å². The molecule has 1 aliphatic heterocycles. The molecule has 2 atom stereocenters. The van der Waals surface area contributed by atoms with Crippen LogP contribution in [-0.2, 0) is 10.9 Å². The third-order valence-corrected chi connectivity index (χ3v) is 5.87. The Balaban J connectivity index is 1.55. The van der Waals surface area contributed by atoms with Crippen LogP contribution >= 0.6 is 11.6 Å². The van der Waals surface area contributed by atoms with Gasteiger partial charge < -0.3 is 19.1 Å². The van der Waals surface area contributed by atoms with Gasteiger partial charge in [-0.15, -0.1) is 0 Å². The first-order chi connectivity index (χ1) is 16.2. The Morgan fingerprint density at radius 2 is 1.97 bits per heavy atom. The van der Waals surface area contributed by atoms with Crippen LogP contribution in [0.3, 0.4) is 0 Å². The Labute approximate surface area is 196 Å². The van der Waals surface area contributed by atoms with Gasteiger partial charge in [0.1, 0.15) is 17.0 Å². The quantitative estimate of drug-likeness (QED) is 0.396. The first kappa shape index (κ1) is 22.6. The van der Waals surface area contributed by atoms with Crippen LogP contribution in [0.4, 0.5) is 13.2 Å². The normalized spacial score (nSPS) is 18.5. The van der Waals surface area contributed by atoms with Crippen LogP contribution in [0, 0.1) is 6.92 Å². The standard InChI is InChI=1S/C23H18ClF3N4O3/c1-12-4-13(6-14(5-12)34-20-8-29-19(7-30-20)23(25,26)27)15-9-31(17-10-33-11-18(17)32)16-2-3-28-22(24)21(15)16/h2-9,17-18,32H,10-11H2,1H3/t17-,18-/m1/s1. The third kappa shape index (κ3) is 4.20.